The van der Waals surface area contributed by atoms with Crippen LogP contribution in [0.5, 0.6) is 0 Å². The van der Waals surface area contributed by atoms with E-state index in [2.05, 4.69) is 15.4 Å². The van der Waals surface area contributed by atoms with Gasteiger partial charge in [0.05, 0.1) is 11.9 Å². The van der Waals surface area contributed by atoms with Gasteiger partial charge >= 0.3 is 0 Å². The van der Waals surface area contributed by atoms with E-state index in [1.54, 1.807) is 41.8 Å². The van der Waals surface area contributed by atoms with Gasteiger partial charge in [0.25, 0.3) is 5.91 Å². The van der Waals surface area contributed by atoms with Gasteiger partial charge in [-0.15, -0.1) is 0 Å². The van der Waals surface area contributed by atoms with Crippen LogP contribution in [0.3, 0.4) is 0 Å². The number of amides is 2. The number of aromatic nitrogens is 3. The van der Waals surface area contributed by atoms with Gasteiger partial charge in [-0.1, -0.05) is 72.8 Å². The topological polar surface area (TPSA) is 79.6 Å². The van der Waals surface area contributed by atoms with Crippen LogP contribution in [0.2, 0.25) is 10.0 Å². The fraction of sp³-hybridized carbons (Fsp3) is 0.286. The summed E-state index contributed by atoms with van der Waals surface area (Å²) in [5.41, 5.74) is 2.89. The normalized spacial score (nSPS) is 14.9. The number of rotatable bonds is 5. The smallest absolute Gasteiger partial charge is 0.257 e. The molecule has 7 nitrogen and oxygen atoms in total. The molecule has 0 radical (unpaired) electrons. The van der Waals surface area contributed by atoms with Gasteiger partial charge in [-0.05, 0) is 31.0 Å². The SMILES string of the molecule is CN(C)C(=O)C1(NC(=O)c2cnn3c(-c4ccc(Cl)cc4)c(-c4ccccc4Cl)cnc23)CCCCC1. The first-order chi connectivity index (χ1) is 17.8. The van der Waals surface area contributed by atoms with Gasteiger partial charge in [0.1, 0.15) is 11.1 Å². The average Bonchev–Trinajstić information content (AvgIpc) is 3.33. The lowest BCUT2D eigenvalue weighted by Gasteiger charge is -2.38. The van der Waals surface area contributed by atoms with Crippen LogP contribution in [0.15, 0.2) is 60.9 Å². The lowest BCUT2D eigenvalue weighted by Crippen LogP contribution is -2.59. The molecule has 0 atom stereocenters. The van der Waals surface area contributed by atoms with Crippen molar-refractivity contribution in [1.82, 2.24) is 24.8 Å². The van der Waals surface area contributed by atoms with Gasteiger partial charge in [0, 0.05) is 47.0 Å². The van der Waals surface area contributed by atoms with Crippen molar-refractivity contribution in [3.05, 3.63) is 76.5 Å². The highest BCUT2D eigenvalue weighted by atomic mass is 35.5. The van der Waals surface area contributed by atoms with Crippen molar-refractivity contribution >= 4 is 40.7 Å². The Labute approximate surface area is 225 Å². The third-order valence-electron chi connectivity index (χ3n) is 6.93. The number of nitrogens with zero attached hydrogens (tertiary/aromatic N) is 4. The minimum Gasteiger partial charge on any atom is -0.347 e. The summed E-state index contributed by atoms with van der Waals surface area (Å²) in [4.78, 5) is 32.9. The van der Waals surface area contributed by atoms with E-state index in [9.17, 15) is 9.59 Å². The molecule has 9 heteroatoms. The van der Waals surface area contributed by atoms with E-state index in [1.807, 2.05) is 36.4 Å². The molecule has 2 amide bonds. The number of benzene rings is 2. The summed E-state index contributed by atoms with van der Waals surface area (Å²) in [5.74, 6) is -0.458. The Morgan fingerprint density at radius 1 is 0.946 bits per heavy atom. The first-order valence-corrected chi connectivity index (χ1v) is 13.0. The van der Waals surface area contributed by atoms with Gasteiger partial charge < -0.3 is 10.2 Å². The molecule has 37 heavy (non-hydrogen) atoms. The van der Waals surface area contributed by atoms with E-state index in [0.717, 1.165) is 41.6 Å². The fourth-order valence-corrected chi connectivity index (χ4v) is 5.48. The predicted molar refractivity (Wildman–Crippen MR) is 146 cm³/mol. The summed E-state index contributed by atoms with van der Waals surface area (Å²) in [7, 11) is 3.44. The van der Waals surface area contributed by atoms with Crippen LogP contribution in [-0.2, 0) is 4.79 Å². The Kier molecular flexibility index (Phi) is 6.92. The second-order valence-electron chi connectivity index (χ2n) is 9.60. The second kappa shape index (κ2) is 10.1. The zero-order valence-electron chi connectivity index (χ0n) is 20.7. The molecular weight excluding hydrogens is 509 g/mol. The summed E-state index contributed by atoms with van der Waals surface area (Å²) < 4.78 is 1.65. The number of hydrogen-bond donors (Lipinski definition) is 1. The third kappa shape index (κ3) is 4.69. The van der Waals surface area contributed by atoms with Gasteiger partial charge in [0.2, 0.25) is 5.91 Å². The molecular formula is C28H27Cl2N5O2. The molecule has 5 rings (SSSR count). The molecule has 0 bridgehead atoms. The minimum absolute atomic E-state index is 0.0900. The molecule has 4 aromatic rings. The van der Waals surface area contributed by atoms with Gasteiger partial charge in [0.15, 0.2) is 5.65 Å². The molecule has 0 spiro atoms. The Balaban J connectivity index is 1.63. The average molecular weight is 536 g/mol. The van der Waals surface area contributed by atoms with Crippen LogP contribution in [0.25, 0.3) is 28.0 Å². The van der Waals surface area contributed by atoms with E-state index >= 15 is 0 Å². The number of hydrogen-bond acceptors (Lipinski definition) is 4. The zero-order valence-corrected chi connectivity index (χ0v) is 22.2. The fourth-order valence-electron chi connectivity index (χ4n) is 5.11. The summed E-state index contributed by atoms with van der Waals surface area (Å²) in [6.07, 6.45) is 7.24. The highest BCUT2D eigenvalue weighted by Crippen LogP contribution is 2.37. The summed E-state index contributed by atoms with van der Waals surface area (Å²) in [6.45, 7) is 0. The zero-order chi connectivity index (χ0) is 26.2. The molecule has 190 valence electrons. The number of fused-ring (bicyclic) bond motifs is 1. The minimum atomic E-state index is -0.927. The van der Waals surface area contributed by atoms with E-state index in [4.69, 9.17) is 23.2 Å². The van der Waals surface area contributed by atoms with Crippen molar-refractivity contribution in [2.45, 2.75) is 37.6 Å². The summed E-state index contributed by atoms with van der Waals surface area (Å²) in [5, 5.41) is 8.82. The van der Waals surface area contributed by atoms with Gasteiger partial charge in [-0.3, -0.25) is 9.59 Å². The Morgan fingerprint density at radius 2 is 1.65 bits per heavy atom. The van der Waals surface area contributed by atoms with Crippen LogP contribution in [-0.4, -0.2) is 50.9 Å². The monoisotopic (exact) mass is 535 g/mol. The highest BCUT2D eigenvalue weighted by Gasteiger charge is 2.42. The van der Waals surface area contributed by atoms with Crippen molar-refractivity contribution in [3.63, 3.8) is 0 Å². The maximum Gasteiger partial charge on any atom is 0.257 e. The molecule has 0 unspecified atom stereocenters. The van der Waals surface area contributed by atoms with Crippen LogP contribution in [0, 0.1) is 0 Å². The molecule has 1 saturated carbocycles. The Bertz CT molecular complexity index is 1470. The van der Waals surface area contributed by atoms with Crippen molar-refractivity contribution in [1.29, 1.82) is 0 Å². The van der Waals surface area contributed by atoms with Crippen molar-refractivity contribution in [3.8, 4) is 22.4 Å². The number of likely N-dealkylation sites (N-methyl/N-ethyl adjacent to an activating group) is 1. The quantitative estimate of drug-likeness (QED) is 0.345. The predicted octanol–water partition coefficient (Wildman–Crippen LogP) is 5.89. The van der Waals surface area contributed by atoms with Crippen LogP contribution >= 0.6 is 23.2 Å². The Hall–Kier alpha value is -3.42. The molecule has 2 aromatic carbocycles. The summed E-state index contributed by atoms with van der Waals surface area (Å²) in [6, 6.07) is 14.9. The maximum atomic E-state index is 13.6. The van der Waals surface area contributed by atoms with E-state index < -0.39 is 5.54 Å². The first kappa shape index (κ1) is 25.2. The van der Waals surface area contributed by atoms with Crippen molar-refractivity contribution < 1.29 is 9.59 Å². The lowest BCUT2D eigenvalue weighted by atomic mass is 9.80. The standard InChI is InChI=1S/C28H27Cl2N5O2/c1-34(2)27(37)28(14-6-3-7-15-28)33-26(36)22-17-32-35-24(18-10-12-19(29)13-11-18)21(16-31-25(22)35)20-8-4-5-9-23(20)30/h4-5,8-13,16-17H,3,6-7,14-15H2,1-2H3,(H,33,36). The first-order valence-electron chi connectivity index (χ1n) is 12.2. The molecule has 1 fully saturated rings. The van der Waals surface area contributed by atoms with E-state index in [0.29, 0.717) is 34.1 Å². The molecule has 2 heterocycles. The third-order valence-corrected chi connectivity index (χ3v) is 7.51. The number of carbonyl (C=O) groups is 2. The number of carbonyl (C=O) groups excluding carboxylic acids is 2. The molecule has 0 aliphatic heterocycles. The van der Waals surface area contributed by atoms with Gasteiger partial charge in [-0.2, -0.15) is 5.10 Å². The van der Waals surface area contributed by atoms with Crippen molar-refractivity contribution in [2.75, 3.05) is 14.1 Å². The van der Waals surface area contributed by atoms with Crippen LogP contribution < -0.4 is 5.32 Å². The molecule has 1 aliphatic rings. The van der Waals surface area contributed by atoms with E-state index in [1.165, 1.54) is 6.20 Å². The molecule has 0 saturated heterocycles. The highest BCUT2D eigenvalue weighted by molar-refractivity contribution is 6.33. The molecule has 1 N–H and O–H groups in total. The maximum absolute atomic E-state index is 13.6. The number of nitrogens with one attached hydrogen (secondary N) is 1. The molecule has 2 aromatic heterocycles. The largest absolute Gasteiger partial charge is 0.347 e. The molecule has 1 aliphatic carbocycles. The van der Waals surface area contributed by atoms with Crippen LogP contribution in [0.4, 0.5) is 0 Å². The van der Waals surface area contributed by atoms with E-state index in [-0.39, 0.29) is 11.8 Å². The second-order valence-corrected chi connectivity index (χ2v) is 10.4. The summed E-state index contributed by atoms with van der Waals surface area (Å²) >= 11 is 12.7. The van der Waals surface area contributed by atoms with Crippen LogP contribution in [0.1, 0.15) is 42.5 Å². The van der Waals surface area contributed by atoms with Crippen molar-refractivity contribution in [2.24, 2.45) is 0 Å². The Morgan fingerprint density at radius 3 is 2.32 bits per heavy atom. The van der Waals surface area contributed by atoms with Gasteiger partial charge in [-0.25, -0.2) is 9.50 Å². The lowest BCUT2D eigenvalue weighted by molar-refractivity contribution is -0.136. The number of halogens is 2.